The van der Waals surface area contributed by atoms with E-state index in [1.165, 1.54) is 12.8 Å². The molecule has 0 saturated heterocycles. The second-order valence-corrected chi connectivity index (χ2v) is 7.14. The first-order valence-electron chi connectivity index (χ1n) is 10.1. The fourth-order valence-electron chi connectivity index (χ4n) is 3.48. The molecule has 0 amide bonds. The SMILES string of the molecule is CN=C(NCc1cccc(OC)c1)NCc1ccc(OC2CCCC2)c(OC)c1. The molecule has 0 atom stereocenters. The second kappa shape index (κ2) is 10.6. The molecule has 6 nitrogen and oxygen atoms in total. The molecule has 0 unspecified atom stereocenters. The van der Waals surface area contributed by atoms with Crippen LogP contribution in [-0.4, -0.2) is 33.3 Å². The third-order valence-corrected chi connectivity index (χ3v) is 5.10. The van der Waals surface area contributed by atoms with Gasteiger partial charge in [0.1, 0.15) is 5.75 Å². The fourth-order valence-corrected chi connectivity index (χ4v) is 3.48. The van der Waals surface area contributed by atoms with Gasteiger partial charge in [-0.05, 0) is 61.1 Å². The highest BCUT2D eigenvalue weighted by Gasteiger charge is 2.18. The van der Waals surface area contributed by atoms with Crippen LogP contribution in [0.2, 0.25) is 0 Å². The lowest BCUT2D eigenvalue weighted by Crippen LogP contribution is -2.36. The summed E-state index contributed by atoms with van der Waals surface area (Å²) in [6.45, 7) is 1.30. The van der Waals surface area contributed by atoms with Crippen molar-refractivity contribution in [2.45, 2.75) is 44.9 Å². The fraction of sp³-hybridized carbons (Fsp3) is 0.435. The maximum atomic E-state index is 6.11. The van der Waals surface area contributed by atoms with Crippen LogP contribution in [0.4, 0.5) is 0 Å². The predicted molar refractivity (Wildman–Crippen MR) is 116 cm³/mol. The Labute approximate surface area is 173 Å². The Balaban J connectivity index is 1.54. The Kier molecular flexibility index (Phi) is 7.61. The van der Waals surface area contributed by atoms with Gasteiger partial charge in [-0.3, -0.25) is 4.99 Å². The number of guanidine groups is 1. The molecule has 156 valence electrons. The van der Waals surface area contributed by atoms with E-state index in [0.29, 0.717) is 19.2 Å². The summed E-state index contributed by atoms with van der Waals surface area (Å²) in [7, 11) is 5.12. The normalized spacial score (nSPS) is 14.5. The summed E-state index contributed by atoms with van der Waals surface area (Å²) in [5.74, 6) is 3.18. The Morgan fingerprint density at radius 1 is 0.931 bits per heavy atom. The highest BCUT2D eigenvalue weighted by atomic mass is 16.5. The first kappa shape index (κ1) is 20.8. The zero-order valence-corrected chi connectivity index (χ0v) is 17.5. The van der Waals surface area contributed by atoms with Gasteiger partial charge in [0.25, 0.3) is 0 Å². The highest BCUT2D eigenvalue weighted by molar-refractivity contribution is 5.79. The molecule has 2 aromatic rings. The number of nitrogens with one attached hydrogen (secondary N) is 2. The van der Waals surface area contributed by atoms with Crippen LogP contribution >= 0.6 is 0 Å². The first-order chi connectivity index (χ1) is 14.2. The number of hydrogen-bond acceptors (Lipinski definition) is 4. The summed E-state index contributed by atoms with van der Waals surface area (Å²) in [5.41, 5.74) is 2.23. The molecule has 2 aromatic carbocycles. The summed E-state index contributed by atoms with van der Waals surface area (Å²) in [6.07, 6.45) is 5.06. The molecule has 0 radical (unpaired) electrons. The Hall–Kier alpha value is -2.89. The van der Waals surface area contributed by atoms with Gasteiger partial charge >= 0.3 is 0 Å². The van der Waals surface area contributed by atoms with E-state index in [1.54, 1.807) is 21.3 Å². The minimum atomic E-state index is 0.313. The van der Waals surface area contributed by atoms with Gasteiger partial charge in [0, 0.05) is 20.1 Å². The molecule has 3 rings (SSSR count). The second-order valence-electron chi connectivity index (χ2n) is 7.14. The zero-order chi connectivity index (χ0) is 20.5. The summed E-state index contributed by atoms with van der Waals surface area (Å²) in [6, 6.07) is 14.1. The standard InChI is InChI=1S/C23H31N3O3/c1-24-23(25-15-17-7-6-10-20(13-17)27-2)26-16-18-11-12-21(22(14-18)28-3)29-19-8-4-5-9-19/h6-7,10-14,19H,4-5,8-9,15-16H2,1-3H3,(H2,24,25,26). The monoisotopic (exact) mass is 397 g/mol. The molecule has 0 bridgehead atoms. The lowest BCUT2D eigenvalue weighted by molar-refractivity contribution is 0.200. The number of aliphatic imine (C=N–C) groups is 1. The number of ether oxygens (including phenoxy) is 3. The van der Waals surface area contributed by atoms with Gasteiger partial charge in [0.05, 0.1) is 20.3 Å². The van der Waals surface area contributed by atoms with E-state index in [1.807, 2.05) is 30.3 Å². The van der Waals surface area contributed by atoms with Crippen LogP contribution in [0.3, 0.4) is 0 Å². The smallest absolute Gasteiger partial charge is 0.191 e. The van der Waals surface area contributed by atoms with Gasteiger partial charge in [-0.2, -0.15) is 0 Å². The van der Waals surface area contributed by atoms with Crippen molar-refractivity contribution >= 4 is 5.96 Å². The summed E-state index contributed by atoms with van der Waals surface area (Å²) in [4.78, 5) is 4.30. The van der Waals surface area contributed by atoms with E-state index in [0.717, 1.165) is 47.2 Å². The number of methoxy groups -OCH3 is 2. The van der Waals surface area contributed by atoms with E-state index in [-0.39, 0.29) is 0 Å². The number of hydrogen-bond donors (Lipinski definition) is 2. The van der Waals surface area contributed by atoms with Crippen LogP contribution in [0.25, 0.3) is 0 Å². The molecular weight excluding hydrogens is 366 g/mol. The molecule has 0 aliphatic heterocycles. The largest absolute Gasteiger partial charge is 0.497 e. The van der Waals surface area contributed by atoms with Crippen molar-refractivity contribution in [3.05, 3.63) is 53.6 Å². The molecule has 1 fully saturated rings. The van der Waals surface area contributed by atoms with Crippen molar-refractivity contribution in [1.82, 2.24) is 10.6 Å². The maximum Gasteiger partial charge on any atom is 0.191 e. The molecule has 29 heavy (non-hydrogen) atoms. The summed E-state index contributed by atoms with van der Waals surface area (Å²) >= 11 is 0. The third kappa shape index (κ3) is 6.04. The molecule has 0 heterocycles. The van der Waals surface area contributed by atoms with Crippen LogP contribution in [0.1, 0.15) is 36.8 Å². The van der Waals surface area contributed by atoms with Gasteiger partial charge in [0.2, 0.25) is 0 Å². The molecule has 2 N–H and O–H groups in total. The van der Waals surface area contributed by atoms with Crippen molar-refractivity contribution in [3.8, 4) is 17.2 Å². The quantitative estimate of drug-likeness (QED) is 0.523. The van der Waals surface area contributed by atoms with Crippen LogP contribution < -0.4 is 24.8 Å². The number of rotatable bonds is 8. The molecule has 6 heteroatoms. The summed E-state index contributed by atoms with van der Waals surface area (Å²) in [5, 5.41) is 6.66. The minimum Gasteiger partial charge on any atom is -0.497 e. The molecule has 1 aliphatic rings. The van der Waals surface area contributed by atoms with Crippen LogP contribution in [0.5, 0.6) is 17.2 Å². The lowest BCUT2D eigenvalue weighted by Gasteiger charge is -2.17. The van der Waals surface area contributed by atoms with Crippen molar-refractivity contribution in [2.24, 2.45) is 4.99 Å². The van der Waals surface area contributed by atoms with Gasteiger partial charge < -0.3 is 24.8 Å². The Bertz CT molecular complexity index is 817. The van der Waals surface area contributed by atoms with Crippen LogP contribution in [0.15, 0.2) is 47.5 Å². The number of nitrogens with zero attached hydrogens (tertiary/aromatic N) is 1. The Morgan fingerprint density at radius 2 is 1.66 bits per heavy atom. The molecule has 0 spiro atoms. The maximum absolute atomic E-state index is 6.11. The van der Waals surface area contributed by atoms with E-state index < -0.39 is 0 Å². The van der Waals surface area contributed by atoms with Gasteiger partial charge in [-0.15, -0.1) is 0 Å². The Morgan fingerprint density at radius 3 is 2.31 bits per heavy atom. The molecule has 1 aliphatic carbocycles. The van der Waals surface area contributed by atoms with E-state index in [2.05, 4.69) is 27.8 Å². The van der Waals surface area contributed by atoms with Crippen molar-refractivity contribution in [1.29, 1.82) is 0 Å². The molecule has 0 aromatic heterocycles. The van der Waals surface area contributed by atoms with Gasteiger partial charge in [-0.25, -0.2) is 0 Å². The van der Waals surface area contributed by atoms with Crippen molar-refractivity contribution in [3.63, 3.8) is 0 Å². The highest BCUT2D eigenvalue weighted by Crippen LogP contribution is 2.32. The van der Waals surface area contributed by atoms with Crippen molar-refractivity contribution in [2.75, 3.05) is 21.3 Å². The average Bonchev–Trinajstić information content (AvgIpc) is 3.28. The topological polar surface area (TPSA) is 64.1 Å². The third-order valence-electron chi connectivity index (χ3n) is 5.10. The van der Waals surface area contributed by atoms with E-state index in [4.69, 9.17) is 14.2 Å². The van der Waals surface area contributed by atoms with Gasteiger partial charge in [-0.1, -0.05) is 18.2 Å². The zero-order valence-electron chi connectivity index (χ0n) is 17.5. The van der Waals surface area contributed by atoms with Crippen LogP contribution in [0, 0.1) is 0 Å². The predicted octanol–water partition coefficient (Wildman–Crippen LogP) is 3.89. The average molecular weight is 398 g/mol. The lowest BCUT2D eigenvalue weighted by atomic mass is 10.2. The molecular formula is C23H31N3O3. The number of benzene rings is 2. The van der Waals surface area contributed by atoms with E-state index in [9.17, 15) is 0 Å². The van der Waals surface area contributed by atoms with Gasteiger partial charge in [0.15, 0.2) is 17.5 Å². The minimum absolute atomic E-state index is 0.313. The summed E-state index contributed by atoms with van der Waals surface area (Å²) < 4.78 is 16.9. The van der Waals surface area contributed by atoms with Crippen LogP contribution in [-0.2, 0) is 13.1 Å². The molecule has 1 saturated carbocycles. The first-order valence-corrected chi connectivity index (χ1v) is 10.1. The van der Waals surface area contributed by atoms with Crippen molar-refractivity contribution < 1.29 is 14.2 Å². The van der Waals surface area contributed by atoms with E-state index >= 15 is 0 Å².